The van der Waals surface area contributed by atoms with Gasteiger partial charge in [-0.3, -0.25) is 14.5 Å². The van der Waals surface area contributed by atoms with E-state index in [1.807, 2.05) is 18.2 Å². The molecule has 1 fully saturated rings. The van der Waals surface area contributed by atoms with Gasteiger partial charge in [-0.2, -0.15) is 0 Å². The first-order valence-electron chi connectivity index (χ1n) is 6.31. The lowest BCUT2D eigenvalue weighted by molar-refractivity contribution is -0.137. The van der Waals surface area contributed by atoms with E-state index < -0.39 is 6.04 Å². The van der Waals surface area contributed by atoms with Gasteiger partial charge in [-0.1, -0.05) is 6.07 Å². The minimum absolute atomic E-state index is 0.153. The number of amides is 2. The number of rotatable bonds is 5. The third kappa shape index (κ3) is 2.75. The van der Waals surface area contributed by atoms with Crippen LogP contribution in [0.4, 0.5) is 0 Å². The molecule has 2 amide bonds. The summed E-state index contributed by atoms with van der Waals surface area (Å²) in [4.78, 5) is 24.3. The Morgan fingerprint density at radius 3 is 2.50 bits per heavy atom. The summed E-state index contributed by atoms with van der Waals surface area (Å²) >= 11 is 0. The lowest BCUT2D eigenvalue weighted by Gasteiger charge is -2.13. The van der Waals surface area contributed by atoms with Crippen LogP contribution in [-0.4, -0.2) is 44.0 Å². The van der Waals surface area contributed by atoms with Crippen molar-refractivity contribution in [3.05, 3.63) is 23.8 Å². The zero-order valence-electron chi connectivity index (χ0n) is 11.8. The largest absolute Gasteiger partial charge is 0.493 e. The lowest BCUT2D eigenvalue weighted by Crippen LogP contribution is -2.36. The van der Waals surface area contributed by atoms with Gasteiger partial charge in [0.2, 0.25) is 11.8 Å². The summed E-state index contributed by atoms with van der Waals surface area (Å²) in [6, 6.07) is 5.10. The number of benzene rings is 1. The summed E-state index contributed by atoms with van der Waals surface area (Å²) in [7, 11) is 4.65. The first-order chi connectivity index (χ1) is 9.56. The molecule has 2 rings (SSSR count). The molecule has 1 N–H and O–H groups in total. The van der Waals surface area contributed by atoms with Crippen LogP contribution in [0, 0.1) is 0 Å². The quantitative estimate of drug-likeness (QED) is 0.797. The number of hydrogen-bond acceptors (Lipinski definition) is 5. The zero-order valence-corrected chi connectivity index (χ0v) is 11.8. The molecule has 108 valence electrons. The van der Waals surface area contributed by atoms with Crippen molar-refractivity contribution < 1.29 is 19.1 Å². The van der Waals surface area contributed by atoms with Gasteiger partial charge >= 0.3 is 0 Å². The summed E-state index contributed by atoms with van der Waals surface area (Å²) in [6.45, 7) is 0.484. The summed E-state index contributed by atoms with van der Waals surface area (Å²) in [5.41, 5.74) is 0.956. The van der Waals surface area contributed by atoms with Crippen LogP contribution in [-0.2, 0) is 16.1 Å². The lowest BCUT2D eigenvalue weighted by atomic mass is 10.1. The minimum atomic E-state index is -0.444. The Balaban J connectivity index is 2.01. The van der Waals surface area contributed by atoms with Gasteiger partial charge in [0.1, 0.15) is 0 Å². The van der Waals surface area contributed by atoms with Crippen molar-refractivity contribution >= 4 is 11.8 Å². The van der Waals surface area contributed by atoms with E-state index in [1.54, 1.807) is 14.2 Å². The van der Waals surface area contributed by atoms with Crippen LogP contribution >= 0.6 is 0 Å². The van der Waals surface area contributed by atoms with Crippen molar-refractivity contribution in [2.45, 2.75) is 19.0 Å². The number of nitrogens with zero attached hydrogens (tertiary/aromatic N) is 1. The zero-order chi connectivity index (χ0) is 14.7. The highest BCUT2D eigenvalue weighted by atomic mass is 16.5. The number of imide groups is 1. The number of likely N-dealkylation sites (N-methyl/N-ethyl adjacent to an activating group) is 1. The van der Waals surface area contributed by atoms with Gasteiger partial charge < -0.3 is 14.8 Å². The average Bonchev–Trinajstić information content (AvgIpc) is 2.72. The number of carbonyl (C=O) groups excluding carboxylic acids is 2. The topological polar surface area (TPSA) is 67.9 Å². The molecule has 6 heteroatoms. The van der Waals surface area contributed by atoms with Crippen LogP contribution in [0.25, 0.3) is 0 Å². The Bertz CT molecular complexity index is 530. The second-order valence-corrected chi connectivity index (χ2v) is 4.62. The fourth-order valence-electron chi connectivity index (χ4n) is 2.15. The second-order valence-electron chi connectivity index (χ2n) is 4.62. The Morgan fingerprint density at radius 1 is 1.25 bits per heavy atom. The van der Waals surface area contributed by atoms with Crippen LogP contribution in [0.15, 0.2) is 18.2 Å². The van der Waals surface area contributed by atoms with Crippen molar-refractivity contribution in [1.82, 2.24) is 10.2 Å². The van der Waals surface area contributed by atoms with Gasteiger partial charge in [-0.25, -0.2) is 0 Å². The monoisotopic (exact) mass is 278 g/mol. The fourth-order valence-corrected chi connectivity index (χ4v) is 2.15. The fraction of sp³-hybridized carbons (Fsp3) is 0.429. The highest BCUT2D eigenvalue weighted by Gasteiger charge is 2.35. The molecule has 20 heavy (non-hydrogen) atoms. The van der Waals surface area contributed by atoms with E-state index in [0.29, 0.717) is 18.0 Å². The van der Waals surface area contributed by atoms with Gasteiger partial charge in [-0.15, -0.1) is 0 Å². The van der Waals surface area contributed by atoms with E-state index in [9.17, 15) is 9.59 Å². The molecule has 0 aromatic heterocycles. The van der Waals surface area contributed by atoms with E-state index in [2.05, 4.69) is 5.32 Å². The molecule has 1 unspecified atom stereocenters. The first kappa shape index (κ1) is 14.3. The van der Waals surface area contributed by atoms with Crippen LogP contribution in [0.3, 0.4) is 0 Å². The highest BCUT2D eigenvalue weighted by molar-refractivity contribution is 6.05. The molecule has 6 nitrogen and oxygen atoms in total. The van der Waals surface area contributed by atoms with Crippen molar-refractivity contribution in [3.8, 4) is 11.5 Å². The molecular weight excluding hydrogens is 260 g/mol. The smallest absolute Gasteiger partial charge is 0.246 e. The summed E-state index contributed by atoms with van der Waals surface area (Å²) in [5.74, 6) is 0.955. The predicted molar refractivity (Wildman–Crippen MR) is 72.6 cm³/mol. The first-order valence-corrected chi connectivity index (χ1v) is 6.31. The molecule has 0 bridgehead atoms. The number of carbonyl (C=O) groups is 2. The molecule has 0 radical (unpaired) electrons. The van der Waals surface area contributed by atoms with E-state index in [4.69, 9.17) is 9.47 Å². The van der Waals surface area contributed by atoms with Crippen molar-refractivity contribution in [2.24, 2.45) is 0 Å². The molecule has 1 atom stereocenters. The summed E-state index contributed by atoms with van der Waals surface area (Å²) < 4.78 is 10.4. The normalized spacial score (nSPS) is 18.6. The van der Waals surface area contributed by atoms with E-state index in [0.717, 1.165) is 10.5 Å². The predicted octanol–water partition coefficient (Wildman–Crippen LogP) is 0.551. The molecule has 1 aliphatic heterocycles. The Hall–Kier alpha value is -2.08. The molecule has 1 aromatic carbocycles. The van der Waals surface area contributed by atoms with Crippen LogP contribution in [0.5, 0.6) is 11.5 Å². The Labute approximate surface area is 117 Å². The number of likely N-dealkylation sites (tertiary alicyclic amines) is 1. The third-order valence-corrected chi connectivity index (χ3v) is 3.38. The van der Waals surface area contributed by atoms with E-state index in [1.165, 1.54) is 7.05 Å². The maximum atomic E-state index is 11.8. The Morgan fingerprint density at radius 2 is 1.95 bits per heavy atom. The van der Waals surface area contributed by atoms with E-state index >= 15 is 0 Å². The SMILES string of the molecule is COc1ccc(CNC2CC(=O)N(C)C2=O)cc1OC. The Kier molecular flexibility index (Phi) is 4.24. The molecule has 1 heterocycles. The number of ether oxygens (including phenoxy) is 2. The minimum Gasteiger partial charge on any atom is -0.493 e. The van der Waals surface area contributed by atoms with Gasteiger partial charge in [-0.05, 0) is 17.7 Å². The van der Waals surface area contributed by atoms with Gasteiger partial charge in [0.05, 0.1) is 26.7 Å². The summed E-state index contributed by atoms with van der Waals surface area (Å²) in [6.07, 6.45) is 0.211. The maximum absolute atomic E-state index is 11.8. The number of nitrogens with one attached hydrogen (secondary N) is 1. The van der Waals surface area contributed by atoms with Crippen molar-refractivity contribution in [1.29, 1.82) is 0 Å². The average molecular weight is 278 g/mol. The third-order valence-electron chi connectivity index (χ3n) is 3.38. The van der Waals surface area contributed by atoms with Gasteiger partial charge in [0, 0.05) is 13.6 Å². The van der Waals surface area contributed by atoms with Crippen molar-refractivity contribution in [2.75, 3.05) is 21.3 Å². The molecule has 1 saturated heterocycles. The number of hydrogen-bond donors (Lipinski definition) is 1. The maximum Gasteiger partial charge on any atom is 0.246 e. The number of methoxy groups -OCH3 is 2. The van der Waals surface area contributed by atoms with Gasteiger partial charge in [0.15, 0.2) is 11.5 Å². The molecule has 1 aliphatic rings. The molecule has 0 saturated carbocycles. The molecule has 0 aliphatic carbocycles. The van der Waals surface area contributed by atoms with Crippen LogP contribution < -0.4 is 14.8 Å². The molecule has 1 aromatic rings. The van der Waals surface area contributed by atoms with Crippen LogP contribution in [0.1, 0.15) is 12.0 Å². The van der Waals surface area contributed by atoms with E-state index in [-0.39, 0.29) is 18.2 Å². The van der Waals surface area contributed by atoms with Gasteiger partial charge in [0.25, 0.3) is 0 Å². The second kappa shape index (κ2) is 5.92. The molecular formula is C14H18N2O4. The van der Waals surface area contributed by atoms with Crippen molar-refractivity contribution in [3.63, 3.8) is 0 Å². The van der Waals surface area contributed by atoms with Crippen LogP contribution in [0.2, 0.25) is 0 Å². The standard InChI is InChI=1S/C14H18N2O4/c1-16-13(17)7-10(14(16)18)15-8-9-4-5-11(19-2)12(6-9)20-3/h4-6,10,15H,7-8H2,1-3H3. The highest BCUT2D eigenvalue weighted by Crippen LogP contribution is 2.27. The summed E-state index contributed by atoms with van der Waals surface area (Å²) in [5, 5.41) is 3.09. The molecule has 0 spiro atoms.